The SMILES string of the molecule is CC/C1=C/C=C(C(C)(NC(=O)OC(C)(C)C)C(O)c2ccc(C)cc2C)\C=C\CC1C. The summed E-state index contributed by atoms with van der Waals surface area (Å²) >= 11 is 0. The van der Waals surface area contributed by atoms with Crippen LogP contribution in [0.2, 0.25) is 0 Å². The number of amides is 1. The molecule has 1 aliphatic rings. The number of alkyl carbamates (subject to hydrolysis) is 1. The number of rotatable bonds is 5. The molecule has 2 N–H and O–H groups in total. The van der Waals surface area contributed by atoms with Crippen LogP contribution in [0, 0.1) is 19.8 Å². The molecule has 0 fully saturated rings. The Labute approximate surface area is 188 Å². The number of ether oxygens (including phenoxy) is 1. The van der Waals surface area contributed by atoms with Crippen molar-refractivity contribution in [3.63, 3.8) is 0 Å². The molecule has 0 saturated heterocycles. The smallest absolute Gasteiger partial charge is 0.408 e. The molecule has 1 aromatic carbocycles. The standard InChI is InChI=1S/C27H39NO3/c1-9-21-14-15-22(12-10-11-19(21)3)27(8,28-25(30)31-26(5,6)7)24(29)23-16-13-18(2)17-20(23)4/h10,12-17,19,24,29H,9,11H2,1-8H3,(H,28,30)/b12-10+,21-14-,22-15+. The lowest BCUT2D eigenvalue weighted by Crippen LogP contribution is -2.53. The van der Waals surface area contributed by atoms with Crippen LogP contribution in [0.25, 0.3) is 0 Å². The zero-order chi connectivity index (χ0) is 23.4. The second-order valence-corrected chi connectivity index (χ2v) is 9.85. The van der Waals surface area contributed by atoms with Crippen molar-refractivity contribution >= 4 is 6.09 Å². The van der Waals surface area contributed by atoms with Crippen molar-refractivity contribution in [3.05, 3.63) is 70.3 Å². The maximum Gasteiger partial charge on any atom is 0.408 e. The minimum absolute atomic E-state index is 0.466. The van der Waals surface area contributed by atoms with Gasteiger partial charge in [-0.05, 0) is 77.0 Å². The van der Waals surface area contributed by atoms with Crippen molar-refractivity contribution in [2.24, 2.45) is 5.92 Å². The number of allylic oxidation sites excluding steroid dienone is 4. The van der Waals surface area contributed by atoms with Crippen LogP contribution in [0.15, 0.2) is 53.6 Å². The van der Waals surface area contributed by atoms with Gasteiger partial charge < -0.3 is 15.2 Å². The largest absolute Gasteiger partial charge is 0.444 e. The van der Waals surface area contributed by atoms with Crippen LogP contribution in [0.1, 0.15) is 77.2 Å². The van der Waals surface area contributed by atoms with E-state index in [9.17, 15) is 9.90 Å². The average Bonchev–Trinajstić information content (AvgIpc) is 2.62. The molecular formula is C27H39NO3. The third-order valence-electron chi connectivity index (χ3n) is 5.93. The van der Waals surface area contributed by atoms with Gasteiger partial charge in [-0.25, -0.2) is 4.79 Å². The summed E-state index contributed by atoms with van der Waals surface area (Å²) in [6.45, 7) is 15.7. The lowest BCUT2D eigenvalue weighted by Gasteiger charge is -2.38. The van der Waals surface area contributed by atoms with Crippen LogP contribution in [0.3, 0.4) is 0 Å². The van der Waals surface area contributed by atoms with Crippen LogP contribution in [-0.2, 0) is 4.74 Å². The number of nitrogens with one attached hydrogen (secondary N) is 1. The van der Waals surface area contributed by atoms with Gasteiger partial charge in [0.2, 0.25) is 0 Å². The highest BCUT2D eigenvalue weighted by atomic mass is 16.6. The fraction of sp³-hybridized carbons (Fsp3) is 0.519. The van der Waals surface area contributed by atoms with Crippen molar-refractivity contribution in [2.45, 2.75) is 85.5 Å². The molecule has 0 bridgehead atoms. The Morgan fingerprint density at radius 1 is 1.23 bits per heavy atom. The lowest BCUT2D eigenvalue weighted by atomic mass is 9.79. The van der Waals surface area contributed by atoms with E-state index in [0.717, 1.165) is 35.1 Å². The molecule has 3 atom stereocenters. The monoisotopic (exact) mass is 425 g/mol. The summed E-state index contributed by atoms with van der Waals surface area (Å²) in [6.07, 6.45) is 8.68. The number of hydrogen-bond donors (Lipinski definition) is 2. The number of aryl methyl sites for hydroxylation is 2. The summed E-state index contributed by atoms with van der Waals surface area (Å²) in [5, 5.41) is 14.6. The molecule has 31 heavy (non-hydrogen) atoms. The fourth-order valence-electron chi connectivity index (χ4n) is 4.04. The van der Waals surface area contributed by atoms with Crippen molar-refractivity contribution in [1.82, 2.24) is 5.32 Å². The first kappa shape index (κ1) is 24.9. The topological polar surface area (TPSA) is 58.6 Å². The molecule has 0 aliphatic heterocycles. The Balaban J connectivity index is 2.57. The van der Waals surface area contributed by atoms with Gasteiger partial charge in [0.15, 0.2) is 0 Å². The van der Waals surface area contributed by atoms with E-state index in [-0.39, 0.29) is 0 Å². The third kappa shape index (κ3) is 6.33. The highest BCUT2D eigenvalue weighted by Crippen LogP contribution is 2.36. The molecule has 0 heterocycles. The fourth-order valence-corrected chi connectivity index (χ4v) is 4.04. The normalized spacial score (nSPS) is 24.4. The summed E-state index contributed by atoms with van der Waals surface area (Å²) in [7, 11) is 0. The van der Waals surface area contributed by atoms with E-state index in [2.05, 4.69) is 31.3 Å². The van der Waals surface area contributed by atoms with Crippen molar-refractivity contribution in [2.75, 3.05) is 0 Å². The van der Waals surface area contributed by atoms with E-state index in [1.807, 2.05) is 71.9 Å². The molecule has 0 spiro atoms. The van der Waals surface area contributed by atoms with Gasteiger partial charge in [0.05, 0.1) is 5.54 Å². The van der Waals surface area contributed by atoms with Crippen LogP contribution < -0.4 is 5.32 Å². The zero-order valence-corrected chi connectivity index (χ0v) is 20.4. The van der Waals surface area contributed by atoms with E-state index in [1.54, 1.807) is 0 Å². The zero-order valence-electron chi connectivity index (χ0n) is 20.4. The average molecular weight is 426 g/mol. The number of carbonyl (C=O) groups is 1. The van der Waals surface area contributed by atoms with E-state index < -0.39 is 23.3 Å². The third-order valence-corrected chi connectivity index (χ3v) is 5.93. The number of carbonyl (C=O) groups excluding carboxylic acids is 1. The Morgan fingerprint density at radius 3 is 2.48 bits per heavy atom. The second kappa shape index (κ2) is 9.86. The van der Waals surface area contributed by atoms with E-state index in [1.165, 1.54) is 5.57 Å². The quantitative estimate of drug-likeness (QED) is 0.568. The molecular weight excluding hydrogens is 386 g/mol. The number of benzene rings is 1. The first-order valence-corrected chi connectivity index (χ1v) is 11.2. The van der Waals surface area contributed by atoms with E-state index >= 15 is 0 Å². The predicted octanol–water partition coefficient (Wildman–Crippen LogP) is 6.48. The van der Waals surface area contributed by atoms with Crippen LogP contribution >= 0.6 is 0 Å². The summed E-state index contributed by atoms with van der Waals surface area (Å²) in [6, 6.07) is 5.97. The van der Waals surface area contributed by atoms with Gasteiger partial charge in [-0.15, -0.1) is 0 Å². The van der Waals surface area contributed by atoms with Gasteiger partial charge in [0.1, 0.15) is 11.7 Å². The van der Waals surface area contributed by atoms with Gasteiger partial charge >= 0.3 is 6.09 Å². The van der Waals surface area contributed by atoms with Crippen molar-refractivity contribution in [1.29, 1.82) is 0 Å². The molecule has 2 rings (SSSR count). The Morgan fingerprint density at radius 2 is 1.90 bits per heavy atom. The van der Waals surface area contributed by atoms with Gasteiger partial charge in [-0.1, -0.05) is 67.5 Å². The summed E-state index contributed by atoms with van der Waals surface area (Å²) in [5.41, 5.74) is 3.38. The number of aliphatic hydroxyl groups is 1. The maximum atomic E-state index is 12.8. The number of hydrogen-bond acceptors (Lipinski definition) is 3. The Bertz CT molecular complexity index is 888. The molecule has 1 aromatic rings. The van der Waals surface area contributed by atoms with Crippen LogP contribution in [0.4, 0.5) is 4.79 Å². The molecule has 1 aliphatic carbocycles. The van der Waals surface area contributed by atoms with Gasteiger partial charge in [-0.2, -0.15) is 0 Å². The van der Waals surface area contributed by atoms with Crippen LogP contribution in [0.5, 0.6) is 0 Å². The molecule has 4 heteroatoms. The minimum Gasteiger partial charge on any atom is -0.444 e. The van der Waals surface area contributed by atoms with Gasteiger partial charge in [0, 0.05) is 0 Å². The van der Waals surface area contributed by atoms with Crippen LogP contribution in [-0.4, -0.2) is 22.3 Å². The van der Waals surface area contributed by atoms with Crippen molar-refractivity contribution in [3.8, 4) is 0 Å². The first-order chi connectivity index (χ1) is 14.4. The second-order valence-electron chi connectivity index (χ2n) is 9.85. The van der Waals surface area contributed by atoms with Gasteiger partial charge in [0.25, 0.3) is 0 Å². The maximum absolute atomic E-state index is 12.8. The summed E-state index contributed by atoms with van der Waals surface area (Å²) in [4.78, 5) is 12.8. The molecule has 4 nitrogen and oxygen atoms in total. The predicted molar refractivity (Wildman–Crippen MR) is 128 cm³/mol. The molecule has 3 unspecified atom stereocenters. The molecule has 0 saturated carbocycles. The van der Waals surface area contributed by atoms with Crippen molar-refractivity contribution < 1.29 is 14.6 Å². The summed E-state index contributed by atoms with van der Waals surface area (Å²) in [5.74, 6) is 0.466. The highest BCUT2D eigenvalue weighted by molar-refractivity contribution is 5.70. The van der Waals surface area contributed by atoms with Gasteiger partial charge in [-0.3, -0.25) is 0 Å². The number of aliphatic hydroxyl groups excluding tert-OH is 1. The Hall–Kier alpha value is -2.33. The summed E-state index contributed by atoms with van der Waals surface area (Å²) < 4.78 is 5.55. The molecule has 0 aromatic heterocycles. The highest BCUT2D eigenvalue weighted by Gasteiger charge is 2.40. The molecule has 0 radical (unpaired) electrons. The minimum atomic E-state index is -1.07. The first-order valence-electron chi connectivity index (χ1n) is 11.2. The van der Waals surface area contributed by atoms with E-state index in [0.29, 0.717) is 5.92 Å². The Kier molecular flexibility index (Phi) is 7.93. The lowest BCUT2D eigenvalue weighted by molar-refractivity contribution is 0.0329. The van der Waals surface area contributed by atoms with E-state index in [4.69, 9.17) is 4.74 Å². The molecule has 1 amide bonds. The molecule has 170 valence electrons.